The third-order valence-electron chi connectivity index (χ3n) is 4.14. The molecule has 1 saturated carbocycles. The van der Waals surface area contributed by atoms with Crippen molar-refractivity contribution in [1.82, 2.24) is 5.32 Å². The van der Waals surface area contributed by atoms with E-state index in [1.807, 2.05) is 0 Å². The quantitative estimate of drug-likeness (QED) is 0.777. The molecule has 2 rings (SSSR count). The van der Waals surface area contributed by atoms with E-state index in [9.17, 15) is 27.2 Å². The SMILES string of the molecule is CCCC(NC(=O)C1(c2cc(F)cc(C(F)(F)F)c2)CC1)C(=O)O. The van der Waals surface area contributed by atoms with Crippen LogP contribution < -0.4 is 5.32 Å². The molecule has 0 aliphatic heterocycles. The van der Waals surface area contributed by atoms with Crippen LogP contribution >= 0.6 is 0 Å². The number of carboxylic acid groups (broad SMARTS) is 1. The molecule has 0 bridgehead atoms. The Morgan fingerprint density at radius 3 is 2.38 bits per heavy atom. The summed E-state index contributed by atoms with van der Waals surface area (Å²) in [6.45, 7) is 1.75. The molecule has 0 heterocycles. The van der Waals surface area contributed by atoms with Crippen LogP contribution in [0.2, 0.25) is 0 Å². The summed E-state index contributed by atoms with van der Waals surface area (Å²) in [5, 5.41) is 11.4. The number of hydrogen-bond donors (Lipinski definition) is 2. The highest BCUT2D eigenvalue weighted by molar-refractivity contribution is 5.94. The van der Waals surface area contributed by atoms with Crippen molar-refractivity contribution in [2.75, 3.05) is 0 Å². The number of nitrogens with one attached hydrogen (secondary N) is 1. The highest BCUT2D eigenvalue weighted by Gasteiger charge is 2.52. The molecule has 1 fully saturated rings. The number of rotatable bonds is 6. The first kappa shape index (κ1) is 18.2. The van der Waals surface area contributed by atoms with Crippen molar-refractivity contribution in [2.45, 2.75) is 50.2 Å². The van der Waals surface area contributed by atoms with Crippen molar-refractivity contribution in [1.29, 1.82) is 0 Å². The number of carbonyl (C=O) groups is 2. The second-order valence-corrected chi connectivity index (χ2v) is 5.96. The number of aliphatic carboxylic acids is 1. The first-order chi connectivity index (χ1) is 11.1. The monoisotopic (exact) mass is 347 g/mol. The number of benzene rings is 1. The van der Waals surface area contributed by atoms with E-state index in [4.69, 9.17) is 5.11 Å². The molecule has 1 aromatic carbocycles. The molecule has 0 saturated heterocycles. The molecule has 1 amide bonds. The number of alkyl halides is 3. The fraction of sp³-hybridized carbons (Fsp3) is 0.500. The van der Waals surface area contributed by atoms with Crippen molar-refractivity contribution < 1.29 is 32.3 Å². The van der Waals surface area contributed by atoms with E-state index in [1.165, 1.54) is 0 Å². The Balaban J connectivity index is 2.29. The fourth-order valence-corrected chi connectivity index (χ4v) is 2.64. The van der Waals surface area contributed by atoms with Gasteiger partial charge in [-0.2, -0.15) is 13.2 Å². The topological polar surface area (TPSA) is 66.4 Å². The summed E-state index contributed by atoms with van der Waals surface area (Å²) in [4.78, 5) is 23.5. The van der Waals surface area contributed by atoms with Gasteiger partial charge in [0.15, 0.2) is 0 Å². The molecule has 1 unspecified atom stereocenters. The Kier molecular flexibility index (Phi) is 4.87. The van der Waals surface area contributed by atoms with Crippen molar-refractivity contribution >= 4 is 11.9 Å². The maximum Gasteiger partial charge on any atom is 0.416 e. The summed E-state index contributed by atoms with van der Waals surface area (Å²) in [5.41, 5.74) is -2.53. The predicted molar refractivity (Wildman–Crippen MR) is 76.8 cm³/mol. The second-order valence-electron chi connectivity index (χ2n) is 5.96. The second kappa shape index (κ2) is 6.41. The van der Waals surface area contributed by atoms with Gasteiger partial charge in [-0.1, -0.05) is 13.3 Å². The van der Waals surface area contributed by atoms with E-state index in [-0.39, 0.29) is 24.8 Å². The zero-order valence-electron chi connectivity index (χ0n) is 12.9. The van der Waals surface area contributed by atoms with E-state index in [0.717, 1.165) is 12.1 Å². The van der Waals surface area contributed by atoms with E-state index >= 15 is 0 Å². The Bertz CT molecular complexity index is 653. The van der Waals surface area contributed by atoms with Crippen LogP contribution in [0.25, 0.3) is 0 Å². The number of carbonyl (C=O) groups excluding carboxylic acids is 1. The summed E-state index contributed by atoms with van der Waals surface area (Å²) in [6, 6.07) is 0.910. The normalized spacial score (nSPS) is 17.2. The van der Waals surface area contributed by atoms with Gasteiger partial charge in [-0.3, -0.25) is 4.79 Å². The van der Waals surface area contributed by atoms with Crippen molar-refractivity contribution in [3.63, 3.8) is 0 Å². The van der Waals surface area contributed by atoms with Crippen molar-refractivity contribution in [2.24, 2.45) is 0 Å². The van der Waals surface area contributed by atoms with Crippen LogP contribution in [0.5, 0.6) is 0 Å². The molecule has 1 aliphatic rings. The van der Waals surface area contributed by atoms with E-state index < -0.39 is 40.9 Å². The van der Waals surface area contributed by atoms with Gasteiger partial charge in [0.25, 0.3) is 0 Å². The number of hydrogen-bond acceptors (Lipinski definition) is 2. The maximum atomic E-state index is 13.6. The number of carboxylic acids is 1. The number of halogens is 4. The van der Waals surface area contributed by atoms with Crippen LogP contribution in [0, 0.1) is 5.82 Å². The van der Waals surface area contributed by atoms with Crippen LogP contribution in [-0.4, -0.2) is 23.0 Å². The van der Waals surface area contributed by atoms with Crippen LogP contribution in [0.15, 0.2) is 18.2 Å². The van der Waals surface area contributed by atoms with Gasteiger partial charge in [-0.05, 0) is 43.0 Å². The van der Waals surface area contributed by atoms with Gasteiger partial charge in [0.1, 0.15) is 11.9 Å². The van der Waals surface area contributed by atoms with E-state index in [0.29, 0.717) is 12.5 Å². The first-order valence-corrected chi connectivity index (χ1v) is 7.52. The molecule has 0 spiro atoms. The minimum atomic E-state index is -4.73. The molecule has 0 aromatic heterocycles. The zero-order chi connectivity index (χ0) is 18.1. The molecule has 2 N–H and O–H groups in total. The molecular formula is C16H17F4NO3. The third kappa shape index (κ3) is 3.68. The minimum Gasteiger partial charge on any atom is -0.480 e. The molecule has 1 aromatic rings. The third-order valence-corrected chi connectivity index (χ3v) is 4.14. The Labute approximate surface area is 135 Å². The highest BCUT2D eigenvalue weighted by Crippen LogP contribution is 2.49. The highest BCUT2D eigenvalue weighted by atomic mass is 19.4. The molecule has 24 heavy (non-hydrogen) atoms. The summed E-state index contributed by atoms with van der Waals surface area (Å²) < 4.78 is 52.1. The summed E-state index contributed by atoms with van der Waals surface area (Å²) in [7, 11) is 0. The molecule has 1 atom stereocenters. The van der Waals surface area contributed by atoms with Gasteiger partial charge in [-0.25, -0.2) is 9.18 Å². The lowest BCUT2D eigenvalue weighted by molar-refractivity contribution is -0.142. The van der Waals surface area contributed by atoms with Gasteiger partial charge in [0.2, 0.25) is 5.91 Å². The largest absolute Gasteiger partial charge is 0.480 e. The lowest BCUT2D eigenvalue weighted by Crippen LogP contribution is -2.45. The van der Waals surface area contributed by atoms with Crippen LogP contribution in [-0.2, 0) is 21.2 Å². The van der Waals surface area contributed by atoms with Gasteiger partial charge in [0, 0.05) is 0 Å². The Morgan fingerprint density at radius 1 is 1.29 bits per heavy atom. The maximum absolute atomic E-state index is 13.6. The van der Waals surface area contributed by atoms with Crippen LogP contribution in [0.4, 0.5) is 17.6 Å². The van der Waals surface area contributed by atoms with Gasteiger partial charge in [0.05, 0.1) is 11.0 Å². The molecule has 4 nitrogen and oxygen atoms in total. The van der Waals surface area contributed by atoms with Crippen LogP contribution in [0.3, 0.4) is 0 Å². The Hall–Kier alpha value is -2.12. The predicted octanol–water partition coefficient (Wildman–Crippen LogP) is 3.25. The smallest absolute Gasteiger partial charge is 0.416 e. The summed E-state index contributed by atoms with van der Waals surface area (Å²) in [5.74, 6) is -2.97. The summed E-state index contributed by atoms with van der Waals surface area (Å²) in [6.07, 6.45) is -3.51. The van der Waals surface area contributed by atoms with E-state index in [2.05, 4.69) is 5.32 Å². The average Bonchev–Trinajstić information content (AvgIpc) is 3.26. The fourth-order valence-electron chi connectivity index (χ4n) is 2.64. The molecule has 1 aliphatic carbocycles. The van der Waals surface area contributed by atoms with Gasteiger partial charge in [-0.15, -0.1) is 0 Å². The van der Waals surface area contributed by atoms with E-state index in [1.54, 1.807) is 6.92 Å². The molecule has 0 radical (unpaired) electrons. The van der Waals surface area contributed by atoms with Crippen molar-refractivity contribution in [3.05, 3.63) is 35.1 Å². The Morgan fingerprint density at radius 2 is 1.92 bits per heavy atom. The van der Waals surface area contributed by atoms with Crippen molar-refractivity contribution in [3.8, 4) is 0 Å². The molecular weight excluding hydrogens is 330 g/mol. The molecule has 8 heteroatoms. The minimum absolute atomic E-state index is 0.0760. The lowest BCUT2D eigenvalue weighted by atomic mass is 9.92. The number of amides is 1. The van der Waals surface area contributed by atoms with Gasteiger partial charge < -0.3 is 10.4 Å². The lowest BCUT2D eigenvalue weighted by Gasteiger charge is -2.21. The van der Waals surface area contributed by atoms with Gasteiger partial charge >= 0.3 is 12.1 Å². The van der Waals surface area contributed by atoms with Crippen LogP contribution in [0.1, 0.15) is 43.7 Å². The first-order valence-electron chi connectivity index (χ1n) is 7.52. The zero-order valence-corrected chi connectivity index (χ0v) is 12.9. The molecule has 132 valence electrons. The standard InChI is InChI=1S/C16H17F4NO3/c1-2-3-12(13(22)23)21-14(24)15(4-5-15)9-6-10(16(18,19)20)8-11(17)7-9/h6-8,12H,2-5H2,1H3,(H,21,24)(H,22,23). The average molecular weight is 347 g/mol. The summed E-state index contributed by atoms with van der Waals surface area (Å²) >= 11 is 0.